The van der Waals surface area contributed by atoms with Crippen molar-refractivity contribution in [2.45, 2.75) is 0 Å². The fraction of sp³-hybridized carbons (Fsp3) is 0. The molecule has 18 heavy (non-hydrogen) atoms. The van der Waals surface area contributed by atoms with Crippen LogP contribution < -0.4 is 5.32 Å². The number of pyridine rings is 2. The van der Waals surface area contributed by atoms with Crippen LogP contribution in [0.2, 0.25) is 5.02 Å². The maximum absolute atomic E-state index is 13.1. The fourth-order valence-electron chi connectivity index (χ4n) is 1.24. The lowest BCUT2D eigenvalue weighted by Gasteiger charge is -2.06. The number of carbonyl (C=O) groups excluding carboxylic acids is 1. The molecule has 0 aliphatic carbocycles. The van der Waals surface area contributed by atoms with Gasteiger partial charge in [-0.2, -0.15) is 4.39 Å². The largest absolute Gasteiger partial charge is 0.320 e. The van der Waals surface area contributed by atoms with E-state index in [2.05, 4.69) is 15.3 Å². The molecule has 0 spiro atoms. The van der Waals surface area contributed by atoms with Crippen molar-refractivity contribution in [1.82, 2.24) is 9.97 Å². The Morgan fingerprint density at radius 2 is 2.11 bits per heavy atom. The van der Waals surface area contributed by atoms with Crippen LogP contribution in [0.5, 0.6) is 0 Å². The molecule has 2 rings (SSSR count). The van der Waals surface area contributed by atoms with Crippen molar-refractivity contribution in [3.8, 4) is 0 Å². The van der Waals surface area contributed by atoms with Crippen LogP contribution >= 0.6 is 11.6 Å². The molecule has 0 bridgehead atoms. The van der Waals surface area contributed by atoms with Crippen molar-refractivity contribution < 1.29 is 13.6 Å². The van der Waals surface area contributed by atoms with Crippen LogP contribution in [0.15, 0.2) is 30.7 Å². The summed E-state index contributed by atoms with van der Waals surface area (Å²) in [6.45, 7) is 0. The van der Waals surface area contributed by atoms with Gasteiger partial charge in [-0.1, -0.05) is 11.6 Å². The number of nitrogens with one attached hydrogen (secondary N) is 1. The van der Waals surface area contributed by atoms with Crippen LogP contribution in [0.1, 0.15) is 10.4 Å². The molecule has 0 saturated carbocycles. The average Bonchev–Trinajstić information content (AvgIpc) is 2.37. The van der Waals surface area contributed by atoms with Crippen molar-refractivity contribution in [2.75, 3.05) is 5.32 Å². The fourth-order valence-corrected chi connectivity index (χ4v) is 1.45. The van der Waals surface area contributed by atoms with Gasteiger partial charge >= 0.3 is 0 Å². The number of aromatic nitrogens is 2. The maximum Gasteiger partial charge on any atom is 0.258 e. The zero-order chi connectivity index (χ0) is 13.1. The summed E-state index contributed by atoms with van der Waals surface area (Å²) in [6, 6.07) is 3.20. The van der Waals surface area contributed by atoms with Crippen LogP contribution in [-0.4, -0.2) is 15.9 Å². The summed E-state index contributed by atoms with van der Waals surface area (Å²) in [5.41, 5.74) is 0.155. The highest BCUT2D eigenvalue weighted by Gasteiger charge is 2.18. The molecular formula is C11H6ClF2N3O. The molecule has 1 N–H and O–H groups in total. The van der Waals surface area contributed by atoms with E-state index in [9.17, 15) is 13.6 Å². The molecule has 0 aliphatic rings. The number of hydrogen-bond acceptors (Lipinski definition) is 3. The van der Waals surface area contributed by atoms with E-state index in [0.29, 0.717) is 5.69 Å². The van der Waals surface area contributed by atoms with Crippen LogP contribution in [0.4, 0.5) is 14.5 Å². The first kappa shape index (κ1) is 12.4. The summed E-state index contributed by atoms with van der Waals surface area (Å²) in [5, 5.41) is 1.82. The zero-order valence-corrected chi connectivity index (χ0v) is 9.58. The lowest BCUT2D eigenvalue weighted by Crippen LogP contribution is -2.14. The van der Waals surface area contributed by atoms with E-state index in [1.165, 1.54) is 12.4 Å². The van der Waals surface area contributed by atoms with E-state index in [0.717, 1.165) is 6.20 Å². The molecule has 0 aromatic carbocycles. The molecule has 1 amide bonds. The van der Waals surface area contributed by atoms with Crippen molar-refractivity contribution >= 4 is 23.2 Å². The van der Waals surface area contributed by atoms with E-state index in [-0.39, 0.29) is 5.56 Å². The normalized spacial score (nSPS) is 10.2. The molecule has 0 atom stereocenters. The minimum absolute atomic E-state index is 0.251. The SMILES string of the molecule is O=C(Nc1cccnc1)c1cnc(F)c(F)c1Cl. The van der Waals surface area contributed by atoms with Gasteiger partial charge in [0.1, 0.15) is 0 Å². The van der Waals surface area contributed by atoms with Gasteiger partial charge in [0.25, 0.3) is 11.9 Å². The molecule has 2 heterocycles. The summed E-state index contributed by atoms with van der Waals surface area (Å²) >= 11 is 5.53. The molecule has 2 aromatic heterocycles. The van der Waals surface area contributed by atoms with Gasteiger partial charge in [0, 0.05) is 12.4 Å². The molecule has 0 aliphatic heterocycles. The minimum atomic E-state index is -1.35. The number of anilines is 1. The monoisotopic (exact) mass is 269 g/mol. The Hall–Kier alpha value is -2.08. The van der Waals surface area contributed by atoms with Crippen LogP contribution in [0, 0.1) is 11.8 Å². The predicted molar refractivity (Wildman–Crippen MR) is 61.4 cm³/mol. The Balaban J connectivity index is 2.28. The Morgan fingerprint density at radius 1 is 1.33 bits per heavy atom. The van der Waals surface area contributed by atoms with Crippen LogP contribution in [-0.2, 0) is 0 Å². The van der Waals surface area contributed by atoms with E-state index in [1.54, 1.807) is 12.1 Å². The average molecular weight is 270 g/mol. The predicted octanol–water partition coefficient (Wildman–Crippen LogP) is 2.66. The van der Waals surface area contributed by atoms with Gasteiger partial charge in [-0.25, -0.2) is 9.37 Å². The second-order valence-corrected chi connectivity index (χ2v) is 3.66. The van der Waals surface area contributed by atoms with Crippen molar-refractivity contribution in [3.05, 3.63) is 53.1 Å². The first-order valence-electron chi connectivity index (χ1n) is 4.80. The number of halogens is 3. The number of rotatable bonds is 2. The van der Waals surface area contributed by atoms with Gasteiger partial charge in [0.05, 0.1) is 22.5 Å². The van der Waals surface area contributed by atoms with Crippen LogP contribution in [0.25, 0.3) is 0 Å². The third-order valence-electron chi connectivity index (χ3n) is 2.08. The molecule has 92 valence electrons. The molecule has 0 fully saturated rings. The van der Waals surface area contributed by atoms with Gasteiger partial charge in [-0.05, 0) is 12.1 Å². The smallest absolute Gasteiger partial charge is 0.258 e. The number of carbonyl (C=O) groups is 1. The third kappa shape index (κ3) is 2.43. The molecule has 4 nitrogen and oxygen atoms in total. The van der Waals surface area contributed by atoms with E-state index in [4.69, 9.17) is 11.6 Å². The first-order valence-corrected chi connectivity index (χ1v) is 5.18. The van der Waals surface area contributed by atoms with Gasteiger partial charge < -0.3 is 5.32 Å². The highest BCUT2D eigenvalue weighted by molar-refractivity contribution is 6.34. The Morgan fingerprint density at radius 3 is 2.78 bits per heavy atom. The van der Waals surface area contributed by atoms with Gasteiger partial charge in [-0.3, -0.25) is 9.78 Å². The Kier molecular flexibility index (Phi) is 3.47. The highest BCUT2D eigenvalue weighted by atomic mass is 35.5. The lowest BCUT2D eigenvalue weighted by molar-refractivity contribution is 0.102. The Bertz CT molecular complexity index is 592. The number of hydrogen-bond donors (Lipinski definition) is 1. The van der Waals surface area contributed by atoms with Gasteiger partial charge in [0.15, 0.2) is 5.82 Å². The summed E-state index contributed by atoms with van der Waals surface area (Å²) in [6.07, 6.45) is 3.80. The molecule has 2 aromatic rings. The topological polar surface area (TPSA) is 54.9 Å². The zero-order valence-electron chi connectivity index (χ0n) is 8.82. The number of amides is 1. The third-order valence-corrected chi connectivity index (χ3v) is 2.45. The molecule has 0 radical (unpaired) electrons. The maximum atomic E-state index is 13.1. The van der Waals surface area contributed by atoms with Crippen molar-refractivity contribution in [2.24, 2.45) is 0 Å². The molecular weight excluding hydrogens is 264 g/mol. The lowest BCUT2D eigenvalue weighted by atomic mass is 10.2. The van der Waals surface area contributed by atoms with Gasteiger partial charge in [0.2, 0.25) is 0 Å². The molecule has 7 heteroatoms. The summed E-state index contributed by atoms with van der Waals surface area (Å²) in [5.74, 6) is -3.40. The van der Waals surface area contributed by atoms with E-state index >= 15 is 0 Å². The summed E-state index contributed by atoms with van der Waals surface area (Å²) < 4.78 is 25.9. The second kappa shape index (κ2) is 5.05. The number of nitrogens with zero attached hydrogens (tertiary/aromatic N) is 2. The minimum Gasteiger partial charge on any atom is -0.320 e. The summed E-state index contributed by atoms with van der Waals surface area (Å²) in [7, 11) is 0. The Labute approximate surface area is 106 Å². The van der Waals surface area contributed by atoms with Crippen molar-refractivity contribution in [3.63, 3.8) is 0 Å². The quantitative estimate of drug-likeness (QED) is 0.853. The van der Waals surface area contributed by atoms with Crippen LogP contribution in [0.3, 0.4) is 0 Å². The second-order valence-electron chi connectivity index (χ2n) is 3.29. The van der Waals surface area contributed by atoms with E-state index < -0.39 is 22.7 Å². The van der Waals surface area contributed by atoms with E-state index in [1.807, 2.05) is 0 Å². The standard InChI is InChI=1S/C11H6ClF2N3O/c12-8-7(5-16-10(14)9(8)13)11(18)17-6-2-1-3-15-4-6/h1-5H,(H,17,18). The summed E-state index contributed by atoms with van der Waals surface area (Å²) in [4.78, 5) is 18.6. The highest BCUT2D eigenvalue weighted by Crippen LogP contribution is 2.21. The first-order chi connectivity index (χ1) is 8.59. The van der Waals surface area contributed by atoms with Crippen molar-refractivity contribution in [1.29, 1.82) is 0 Å². The molecule has 0 saturated heterocycles. The molecule has 0 unspecified atom stereocenters. The van der Waals surface area contributed by atoms with Gasteiger partial charge in [-0.15, -0.1) is 0 Å².